The molecule has 144 valence electrons. The molecular formula is C16H28ClN3O4S. The van der Waals surface area contributed by atoms with Gasteiger partial charge in [0.1, 0.15) is 10.7 Å². The second-order valence-electron chi connectivity index (χ2n) is 6.30. The molecule has 1 amide bonds. The van der Waals surface area contributed by atoms with Crippen LogP contribution in [0.15, 0.2) is 15.4 Å². The fourth-order valence-electron chi connectivity index (χ4n) is 2.97. The number of rotatable bonds is 6. The predicted molar refractivity (Wildman–Crippen MR) is 98.8 cm³/mol. The quantitative estimate of drug-likeness (QED) is 0.797. The highest BCUT2D eigenvalue weighted by molar-refractivity contribution is 7.89. The number of furan rings is 1. The van der Waals surface area contributed by atoms with Crippen LogP contribution in [0.3, 0.4) is 0 Å². The Balaban J connectivity index is 0.00000312. The van der Waals surface area contributed by atoms with Crippen molar-refractivity contribution in [1.82, 2.24) is 14.5 Å². The Hall–Kier alpha value is -1.09. The maximum atomic E-state index is 12.9. The third-order valence-electron chi connectivity index (χ3n) is 4.32. The maximum Gasteiger partial charge on any atom is 0.289 e. The summed E-state index contributed by atoms with van der Waals surface area (Å²) >= 11 is 0. The largest absolute Gasteiger partial charge is 0.455 e. The summed E-state index contributed by atoms with van der Waals surface area (Å²) < 4.78 is 31.3. The molecule has 1 aliphatic heterocycles. The molecule has 1 aromatic rings. The molecule has 0 aliphatic carbocycles. The van der Waals surface area contributed by atoms with Crippen molar-refractivity contribution in [1.29, 1.82) is 0 Å². The lowest BCUT2D eigenvalue weighted by Gasteiger charge is -2.34. The van der Waals surface area contributed by atoms with Crippen LogP contribution >= 0.6 is 12.4 Å². The van der Waals surface area contributed by atoms with Crippen molar-refractivity contribution >= 4 is 28.3 Å². The number of sulfonamides is 1. The molecule has 0 saturated carbocycles. The first-order chi connectivity index (χ1) is 11.3. The van der Waals surface area contributed by atoms with Crippen LogP contribution in [0, 0.1) is 6.92 Å². The van der Waals surface area contributed by atoms with E-state index in [1.165, 1.54) is 20.2 Å². The van der Waals surface area contributed by atoms with Gasteiger partial charge in [0.2, 0.25) is 10.0 Å². The van der Waals surface area contributed by atoms with E-state index in [2.05, 4.69) is 5.32 Å². The molecule has 0 aromatic carbocycles. The van der Waals surface area contributed by atoms with E-state index in [-0.39, 0.29) is 40.8 Å². The van der Waals surface area contributed by atoms with Gasteiger partial charge >= 0.3 is 0 Å². The van der Waals surface area contributed by atoms with Crippen LogP contribution in [0.5, 0.6) is 0 Å². The molecule has 9 heteroatoms. The van der Waals surface area contributed by atoms with Gasteiger partial charge in [-0.2, -0.15) is 0 Å². The van der Waals surface area contributed by atoms with Crippen LogP contribution in [0.25, 0.3) is 0 Å². The topological polar surface area (TPSA) is 82.9 Å². The molecule has 1 aromatic heterocycles. The molecule has 0 bridgehead atoms. The van der Waals surface area contributed by atoms with E-state index in [1.54, 1.807) is 6.92 Å². The summed E-state index contributed by atoms with van der Waals surface area (Å²) in [7, 11) is -0.704. The van der Waals surface area contributed by atoms with Crippen LogP contribution in [-0.2, 0) is 10.0 Å². The van der Waals surface area contributed by atoms with Crippen LogP contribution in [0.1, 0.15) is 42.5 Å². The third-order valence-corrected chi connectivity index (χ3v) is 6.24. The molecule has 1 N–H and O–H groups in total. The van der Waals surface area contributed by atoms with Crippen LogP contribution in [0.4, 0.5) is 0 Å². The average Bonchev–Trinajstić information content (AvgIpc) is 2.95. The lowest BCUT2D eigenvalue weighted by Crippen LogP contribution is -2.46. The molecule has 25 heavy (non-hydrogen) atoms. The molecular weight excluding hydrogens is 366 g/mol. The van der Waals surface area contributed by atoms with Gasteiger partial charge in [-0.25, -0.2) is 12.7 Å². The summed E-state index contributed by atoms with van der Waals surface area (Å²) in [5, 5.41) is 3.29. The van der Waals surface area contributed by atoms with Crippen molar-refractivity contribution in [2.75, 3.05) is 33.7 Å². The van der Waals surface area contributed by atoms with Crippen molar-refractivity contribution in [2.45, 2.75) is 44.0 Å². The summed E-state index contributed by atoms with van der Waals surface area (Å²) in [6.07, 6.45) is 2.64. The minimum Gasteiger partial charge on any atom is -0.455 e. The number of hydrogen-bond donors (Lipinski definition) is 1. The van der Waals surface area contributed by atoms with Crippen molar-refractivity contribution in [2.24, 2.45) is 0 Å². The zero-order chi connectivity index (χ0) is 17.9. The van der Waals surface area contributed by atoms with Crippen molar-refractivity contribution in [3.05, 3.63) is 17.6 Å². The summed E-state index contributed by atoms with van der Waals surface area (Å²) in [6.45, 7) is 6.00. The van der Waals surface area contributed by atoms with E-state index in [1.807, 2.05) is 11.8 Å². The van der Waals surface area contributed by atoms with Crippen LogP contribution in [0.2, 0.25) is 0 Å². The van der Waals surface area contributed by atoms with E-state index in [0.717, 1.165) is 36.7 Å². The second-order valence-corrected chi connectivity index (χ2v) is 8.42. The first-order valence-electron chi connectivity index (χ1n) is 8.33. The SMILES string of the molecule is CCCN(C(=O)c1cc(S(=O)(=O)N(C)C)c(C)o1)C1CCNCC1.Cl. The number of piperidine rings is 1. The Labute approximate surface area is 156 Å². The lowest BCUT2D eigenvalue weighted by molar-refractivity contribution is 0.0609. The van der Waals surface area contributed by atoms with Gasteiger partial charge in [0.05, 0.1) is 0 Å². The monoisotopic (exact) mass is 393 g/mol. The molecule has 1 aliphatic rings. The Morgan fingerprint density at radius 2 is 1.92 bits per heavy atom. The molecule has 1 saturated heterocycles. The maximum absolute atomic E-state index is 12.9. The average molecular weight is 394 g/mol. The summed E-state index contributed by atoms with van der Waals surface area (Å²) in [4.78, 5) is 14.8. The van der Waals surface area contributed by atoms with E-state index >= 15 is 0 Å². The molecule has 0 unspecified atom stereocenters. The number of amides is 1. The second kappa shape index (κ2) is 9.02. The van der Waals surface area contributed by atoms with Gasteiger partial charge in [-0.3, -0.25) is 4.79 Å². The number of hydrogen-bond acceptors (Lipinski definition) is 5. The number of carbonyl (C=O) groups excluding carboxylic acids is 1. The molecule has 2 heterocycles. The Morgan fingerprint density at radius 3 is 2.44 bits per heavy atom. The Morgan fingerprint density at radius 1 is 1.32 bits per heavy atom. The summed E-state index contributed by atoms with van der Waals surface area (Å²) in [5.74, 6) is 0.112. The molecule has 0 radical (unpaired) electrons. The molecule has 1 fully saturated rings. The van der Waals surface area contributed by atoms with E-state index in [0.29, 0.717) is 6.54 Å². The van der Waals surface area contributed by atoms with Gasteiger partial charge in [0, 0.05) is 32.7 Å². The van der Waals surface area contributed by atoms with Gasteiger partial charge in [0.15, 0.2) is 5.76 Å². The molecule has 0 atom stereocenters. The number of aryl methyl sites for hydroxylation is 1. The van der Waals surface area contributed by atoms with E-state index < -0.39 is 10.0 Å². The van der Waals surface area contributed by atoms with Crippen LogP contribution < -0.4 is 5.32 Å². The third kappa shape index (κ3) is 4.75. The van der Waals surface area contributed by atoms with E-state index in [4.69, 9.17) is 4.42 Å². The fourth-order valence-corrected chi connectivity index (χ4v) is 4.03. The molecule has 0 spiro atoms. The number of nitrogens with zero attached hydrogens (tertiary/aromatic N) is 2. The lowest BCUT2D eigenvalue weighted by atomic mass is 10.0. The van der Waals surface area contributed by atoms with E-state index in [9.17, 15) is 13.2 Å². The zero-order valence-electron chi connectivity index (χ0n) is 15.2. The highest BCUT2D eigenvalue weighted by atomic mass is 35.5. The highest BCUT2D eigenvalue weighted by Crippen LogP contribution is 2.25. The van der Waals surface area contributed by atoms with Gasteiger partial charge in [0.25, 0.3) is 5.91 Å². The Kier molecular flexibility index (Phi) is 7.92. The molecule has 2 rings (SSSR count). The summed E-state index contributed by atoms with van der Waals surface area (Å²) in [6, 6.07) is 1.52. The van der Waals surface area contributed by atoms with Gasteiger partial charge in [-0.05, 0) is 39.3 Å². The van der Waals surface area contributed by atoms with Crippen LogP contribution in [-0.4, -0.2) is 63.3 Å². The predicted octanol–water partition coefficient (Wildman–Crippen LogP) is 1.86. The van der Waals surface area contributed by atoms with Gasteiger partial charge in [-0.1, -0.05) is 6.92 Å². The smallest absolute Gasteiger partial charge is 0.289 e. The Bertz CT molecular complexity index is 682. The first kappa shape index (κ1) is 22.0. The minimum absolute atomic E-state index is 0. The number of nitrogens with one attached hydrogen (secondary N) is 1. The standard InChI is InChI=1S/C16H27N3O4S.ClH/c1-5-10-19(13-6-8-17-9-7-13)16(20)14-11-15(12(2)23-14)24(21,22)18(3)4;/h11,13,17H,5-10H2,1-4H3;1H. The van der Waals surface area contributed by atoms with Gasteiger partial charge in [-0.15, -0.1) is 12.4 Å². The normalized spacial score (nSPS) is 15.9. The van der Waals surface area contributed by atoms with Gasteiger partial charge < -0.3 is 14.6 Å². The van der Waals surface area contributed by atoms with Crippen molar-refractivity contribution in [3.63, 3.8) is 0 Å². The minimum atomic E-state index is -3.62. The zero-order valence-corrected chi connectivity index (χ0v) is 16.9. The fraction of sp³-hybridized carbons (Fsp3) is 0.688. The number of carbonyl (C=O) groups is 1. The highest BCUT2D eigenvalue weighted by Gasteiger charge is 2.31. The van der Waals surface area contributed by atoms with Crippen molar-refractivity contribution < 1.29 is 17.6 Å². The number of halogens is 1. The summed E-state index contributed by atoms with van der Waals surface area (Å²) in [5.41, 5.74) is 0. The molecule has 7 nitrogen and oxygen atoms in total. The first-order valence-corrected chi connectivity index (χ1v) is 9.77. The van der Waals surface area contributed by atoms with Crippen molar-refractivity contribution in [3.8, 4) is 0 Å².